The molecule has 1 heterocycles. The molecule has 0 aliphatic carbocycles. The Labute approximate surface area is 130 Å². The molecule has 4 nitrogen and oxygen atoms in total. The maximum absolute atomic E-state index is 12.4. The molecule has 1 aliphatic heterocycles. The Balaban J connectivity index is 2.08. The van der Waals surface area contributed by atoms with Gasteiger partial charge in [0.25, 0.3) is 5.91 Å². The molecule has 1 aromatic rings. The summed E-state index contributed by atoms with van der Waals surface area (Å²) < 4.78 is 0. The molecule has 0 atom stereocenters. The van der Waals surface area contributed by atoms with E-state index in [1.807, 2.05) is 4.90 Å². The van der Waals surface area contributed by atoms with E-state index in [1.54, 1.807) is 18.2 Å². The molecular formula is C16H19ClN2O2. The Bertz CT molecular complexity index is 569. The van der Waals surface area contributed by atoms with Crippen LogP contribution in [0.2, 0.25) is 5.02 Å². The summed E-state index contributed by atoms with van der Waals surface area (Å²) in [6, 6.07) is 5.11. The molecule has 1 aliphatic rings. The third-order valence-corrected chi connectivity index (χ3v) is 3.94. The molecule has 1 fully saturated rings. The first-order valence-electron chi connectivity index (χ1n) is 7.06. The number of rotatable bonds is 2. The summed E-state index contributed by atoms with van der Waals surface area (Å²) >= 11 is 6.13. The van der Waals surface area contributed by atoms with Crippen LogP contribution >= 0.6 is 11.6 Å². The maximum atomic E-state index is 12.4. The lowest BCUT2D eigenvalue weighted by molar-refractivity contribution is 0.0643. The number of nitrogens with zero attached hydrogens (tertiary/aromatic N) is 2. The normalized spacial score (nSPS) is 15.5. The van der Waals surface area contributed by atoms with Crippen LogP contribution < -0.4 is 0 Å². The first kappa shape index (κ1) is 15.8. The van der Waals surface area contributed by atoms with Crippen molar-refractivity contribution < 1.29 is 9.90 Å². The van der Waals surface area contributed by atoms with Crippen molar-refractivity contribution in [3.05, 3.63) is 34.3 Å². The van der Waals surface area contributed by atoms with Gasteiger partial charge in [0, 0.05) is 37.3 Å². The number of amides is 1. The van der Waals surface area contributed by atoms with Gasteiger partial charge in [0.15, 0.2) is 0 Å². The molecule has 0 saturated carbocycles. The highest BCUT2D eigenvalue weighted by Gasteiger charge is 2.21. The van der Waals surface area contributed by atoms with Gasteiger partial charge in [-0.1, -0.05) is 30.4 Å². The number of hydrogen-bond donors (Lipinski definition) is 1. The van der Waals surface area contributed by atoms with E-state index < -0.39 is 0 Å². The number of piperazine rings is 1. The fourth-order valence-electron chi connectivity index (χ4n) is 2.33. The molecule has 1 aromatic carbocycles. The standard InChI is InChI=1S/C16H19ClN2O2/c1-2-18-7-9-19(10-8-18)16(21)14-6-5-13(4-3-11-20)15(17)12-14/h5-6,12,20H,2,7-11H2,1H3. The number of halogens is 1. The summed E-state index contributed by atoms with van der Waals surface area (Å²) in [6.45, 7) is 6.26. The zero-order valence-electron chi connectivity index (χ0n) is 12.1. The van der Waals surface area contributed by atoms with Gasteiger partial charge in [-0.05, 0) is 24.7 Å². The van der Waals surface area contributed by atoms with Crippen LogP contribution in [0.4, 0.5) is 0 Å². The maximum Gasteiger partial charge on any atom is 0.253 e. The molecule has 2 rings (SSSR count). The average Bonchev–Trinajstić information content (AvgIpc) is 2.53. The minimum Gasteiger partial charge on any atom is -0.384 e. The molecular weight excluding hydrogens is 288 g/mol. The zero-order chi connectivity index (χ0) is 15.2. The van der Waals surface area contributed by atoms with Crippen molar-refractivity contribution in [2.75, 3.05) is 39.3 Å². The van der Waals surface area contributed by atoms with Crippen molar-refractivity contribution in [3.63, 3.8) is 0 Å². The summed E-state index contributed by atoms with van der Waals surface area (Å²) in [7, 11) is 0. The molecule has 1 N–H and O–H groups in total. The molecule has 0 radical (unpaired) electrons. The van der Waals surface area contributed by atoms with Crippen molar-refractivity contribution in [1.29, 1.82) is 0 Å². The summed E-state index contributed by atoms with van der Waals surface area (Å²) in [6.07, 6.45) is 0. The highest BCUT2D eigenvalue weighted by Crippen LogP contribution is 2.18. The largest absolute Gasteiger partial charge is 0.384 e. The lowest BCUT2D eigenvalue weighted by atomic mass is 10.1. The highest BCUT2D eigenvalue weighted by molar-refractivity contribution is 6.32. The van der Waals surface area contributed by atoms with E-state index in [0.717, 1.165) is 32.7 Å². The molecule has 112 valence electrons. The minimum absolute atomic E-state index is 0.00863. The predicted octanol–water partition coefficient (Wildman–Crippen LogP) is 1.46. The van der Waals surface area contributed by atoms with Gasteiger partial charge in [-0.25, -0.2) is 0 Å². The van der Waals surface area contributed by atoms with Gasteiger partial charge in [-0.2, -0.15) is 0 Å². The van der Waals surface area contributed by atoms with Gasteiger partial charge in [-0.3, -0.25) is 4.79 Å². The van der Waals surface area contributed by atoms with Crippen molar-refractivity contribution in [2.45, 2.75) is 6.92 Å². The van der Waals surface area contributed by atoms with Gasteiger partial charge in [-0.15, -0.1) is 0 Å². The van der Waals surface area contributed by atoms with E-state index in [9.17, 15) is 4.79 Å². The number of aliphatic hydroxyl groups is 1. The predicted molar refractivity (Wildman–Crippen MR) is 83.4 cm³/mol. The van der Waals surface area contributed by atoms with Gasteiger partial charge in [0.1, 0.15) is 6.61 Å². The summed E-state index contributed by atoms with van der Waals surface area (Å²) in [4.78, 5) is 16.6. The summed E-state index contributed by atoms with van der Waals surface area (Å²) in [5.74, 6) is 5.32. The Morgan fingerprint density at radius 1 is 1.33 bits per heavy atom. The van der Waals surface area contributed by atoms with Crippen LogP contribution in [0, 0.1) is 11.8 Å². The van der Waals surface area contributed by atoms with Crippen LogP contribution in [0.3, 0.4) is 0 Å². The van der Waals surface area contributed by atoms with E-state index in [2.05, 4.69) is 23.7 Å². The molecule has 0 aromatic heterocycles. The van der Waals surface area contributed by atoms with Crippen LogP contribution in [0.15, 0.2) is 18.2 Å². The van der Waals surface area contributed by atoms with Crippen molar-refractivity contribution >= 4 is 17.5 Å². The Morgan fingerprint density at radius 3 is 2.62 bits per heavy atom. The number of carbonyl (C=O) groups is 1. The van der Waals surface area contributed by atoms with E-state index in [4.69, 9.17) is 16.7 Å². The highest BCUT2D eigenvalue weighted by atomic mass is 35.5. The fraction of sp³-hybridized carbons (Fsp3) is 0.438. The van der Waals surface area contributed by atoms with E-state index in [1.165, 1.54) is 0 Å². The second-order valence-corrected chi connectivity index (χ2v) is 5.29. The van der Waals surface area contributed by atoms with Crippen LogP contribution in [0.5, 0.6) is 0 Å². The third kappa shape index (κ3) is 3.98. The lowest BCUT2D eigenvalue weighted by Crippen LogP contribution is -2.48. The zero-order valence-corrected chi connectivity index (χ0v) is 12.9. The molecule has 0 bridgehead atoms. The number of hydrogen-bond acceptors (Lipinski definition) is 3. The number of likely N-dealkylation sites (N-methyl/N-ethyl adjacent to an activating group) is 1. The van der Waals surface area contributed by atoms with Crippen LogP contribution in [-0.4, -0.2) is 60.1 Å². The summed E-state index contributed by atoms with van der Waals surface area (Å²) in [5.41, 5.74) is 1.21. The first-order valence-corrected chi connectivity index (χ1v) is 7.44. The Kier molecular flexibility index (Phi) is 5.63. The molecule has 0 spiro atoms. The van der Waals surface area contributed by atoms with Crippen LogP contribution in [-0.2, 0) is 0 Å². The molecule has 0 unspecified atom stereocenters. The minimum atomic E-state index is -0.210. The monoisotopic (exact) mass is 306 g/mol. The Hall–Kier alpha value is -1.54. The van der Waals surface area contributed by atoms with E-state index in [0.29, 0.717) is 16.1 Å². The summed E-state index contributed by atoms with van der Waals surface area (Å²) in [5, 5.41) is 9.13. The van der Waals surface area contributed by atoms with Gasteiger partial charge >= 0.3 is 0 Å². The SMILES string of the molecule is CCN1CCN(C(=O)c2ccc(C#CCO)c(Cl)c2)CC1. The van der Waals surface area contributed by atoms with Crippen molar-refractivity contribution in [3.8, 4) is 11.8 Å². The number of benzene rings is 1. The van der Waals surface area contributed by atoms with Gasteiger partial charge in [0.2, 0.25) is 0 Å². The quantitative estimate of drug-likeness (QED) is 0.841. The van der Waals surface area contributed by atoms with Crippen LogP contribution in [0.25, 0.3) is 0 Å². The topological polar surface area (TPSA) is 43.8 Å². The molecule has 5 heteroatoms. The van der Waals surface area contributed by atoms with Crippen molar-refractivity contribution in [2.24, 2.45) is 0 Å². The molecule has 1 saturated heterocycles. The van der Waals surface area contributed by atoms with E-state index in [-0.39, 0.29) is 12.5 Å². The first-order chi connectivity index (χ1) is 10.2. The number of aliphatic hydroxyl groups excluding tert-OH is 1. The van der Waals surface area contributed by atoms with E-state index >= 15 is 0 Å². The van der Waals surface area contributed by atoms with Crippen LogP contribution in [0.1, 0.15) is 22.8 Å². The van der Waals surface area contributed by atoms with Gasteiger partial charge in [0.05, 0.1) is 5.02 Å². The Morgan fingerprint density at radius 2 is 2.05 bits per heavy atom. The second kappa shape index (κ2) is 7.46. The average molecular weight is 307 g/mol. The van der Waals surface area contributed by atoms with Gasteiger partial charge < -0.3 is 14.9 Å². The fourth-order valence-corrected chi connectivity index (χ4v) is 2.56. The molecule has 21 heavy (non-hydrogen) atoms. The second-order valence-electron chi connectivity index (χ2n) is 4.88. The van der Waals surface area contributed by atoms with Crippen molar-refractivity contribution in [1.82, 2.24) is 9.80 Å². The molecule has 1 amide bonds. The number of carbonyl (C=O) groups excluding carboxylic acids is 1. The lowest BCUT2D eigenvalue weighted by Gasteiger charge is -2.34. The smallest absolute Gasteiger partial charge is 0.253 e. The third-order valence-electron chi connectivity index (χ3n) is 3.62.